The first-order valence-electron chi connectivity index (χ1n) is 7.97. The van der Waals surface area contributed by atoms with E-state index >= 15 is 0 Å². The molecule has 3 aromatic rings. The lowest BCUT2D eigenvalue weighted by Crippen LogP contribution is -2.44. The maximum Gasteiger partial charge on any atom is 0.354 e. The molecule has 4 rings (SSSR count). The Kier molecular flexibility index (Phi) is 3.55. The lowest BCUT2D eigenvalue weighted by Gasteiger charge is -2.15. The average molecular weight is 360 g/mol. The second kappa shape index (κ2) is 5.53. The van der Waals surface area contributed by atoms with Crippen molar-refractivity contribution in [3.8, 4) is 11.1 Å². The van der Waals surface area contributed by atoms with Crippen LogP contribution in [-0.4, -0.2) is 9.08 Å². The number of nitrogens with zero attached hydrogens (tertiary/aromatic N) is 2. The molecule has 0 saturated heterocycles. The highest BCUT2D eigenvalue weighted by atomic mass is 32.1. The van der Waals surface area contributed by atoms with Gasteiger partial charge in [-0.25, -0.2) is 9.18 Å². The van der Waals surface area contributed by atoms with Gasteiger partial charge < -0.3 is 11.6 Å². The summed E-state index contributed by atoms with van der Waals surface area (Å²) in [4.78, 5) is 25.8. The first-order valence-corrected chi connectivity index (χ1v) is 8.85. The summed E-state index contributed by atoms with van der Waals surface area (Å²) in [5, 5.41) is 1.84. The SMILES string of the molecule is Cc1c(-c2csc(CN)c2)c(F)cn2c(=O)n(N)c(=O)c(C3CC3)c12. The molecule has 0 radical (unpaired) electrons. The molecule has 0 aliphatic heterocycles. The summed E-state index contributed by atoms with van der Waals surface area (Å²) >= 11 is 1.45. The zero-order valence-electron chi connectivity index (χ0n) is 13.6. The van der Waals surface area contributed by atoms with Crippen molar-refractivity contribution in [1.29, 1.82) is 0 Å². The molecule has 3 aromatic heterocycles. The lowest BCUT2D eigenvalue weighted by molar-refractivity contribution is 0.616. The number of halogens is 1. The zero-order chi connectivity index (χ0) is 17.9. The molecule has 0 aromatic carbocycles. The van der Waals surface area contributed by atoms with Crippen LogP contribution in [0.25, 0.3) is 16.6 Å². The molecule has 8 heteroatoms. The molecule has 3 heterocycles. The van der Waals surface area contributed by atoms with Crippen molar-refractivity contribution in [1.82, 2.24) is 9.08 Å². The van der Waals surface area contributed by atoms with Crippen molar-refractivity contribution in [2.45, 2.75) is 32.2 Å². The molecule has 4 N–H and O–H groups in total. The maximum absolute atomic E-state index is 14.8. The lowest BCUT2D eigenvalue weighted by atomic mass is 9.99. The average Bonchev–Trinajstić information content (AvgIpc) is 3.31. The molecule has 25 heavy (non-hydrogen) atoms. The summed E-state index contributed by atoms with van der Waals surface area (Å²) in [7, 11) is 0. The number of hydrogen-bond donors (Lipinski definition) is 2. The van der Waals surface area contributed by atoms with E-state index in [2.05, 4.69) is 0 Å². The maximum atomic E-state index is 14.8. The minimum absolute atomic E-state index is 0.0667. The Bertz CT molecular complexity index is 1120. The van der Waals surface area contributed by atoms with E-state index in [1.54, 1.807) is 6.92 Å². The quantitative estimate of drug-likeness (QED) is 0.695. The van der Waals surface area contributed by atoms with Gasteiger partial charge in [0.25, 0.3) is 5.56 Å². The van der Waals surface area contributed by atoms with E-state index in [-0.39, 0.29) is 5.92 Å². The van der Waals surface area contributed by atoms with Gasteiger partial charge in [-0.05, 0) is 48.3 Å². The molecule has 0 spiro atoms. The Morgan fingerprint density at radius 3 is 2.68 bits per heavy atom. The van der Waals surface area contributed by atoms with Gasteiger partial charge in [0.2, 0.25) is 0 Å². The molecule has 130 valence electrons. The number of nitrogens with two attached hydrogens (primary N) is 2. The minimum atomic E-state index is -0.745. The fraction of sp³-hybridized carbons (Fsp3) is 0.294. The van der Waals surface area contributed by atoms with Gasteiger partial charge in [-0.1, -0.05) is 0 Å². The number of aromatic nitrogens is 2. The Balaban J connectivity index is 2.14. The van der Waals surface area contributed by atoms with Crippen molar-refractivity contribution in [2.24, 2.45) is 5.73 Å². The van der Waals surface area contributed by atoms with Crippen LogP contribution in [0, 0.1) is 12.7 Å². The van der Waals surface area contributed by atoms with Crippen LogP contribution < -0.4 is 22.8 Å². The number of pyridine rings is 1. The molecular weight excluding hydrogens is 343 g/mol. The molecule has 1 aliphatic rings. The van der Waals surface area contributed by atoms with E-state index in [0.717, 1.165) is 28.3 Å². The number of hydrogen-bond acceptors (Lipinski definition) is 5. The van der Waals surface area contributed by atoms with Gasteiger partial charge in [-0.3, -0.25) is 9.20 Å². The van der Waals surface area contributed by atoms with Crippen LogP contribution in [0.2, 0.25) is 0 Å². The van der Waals surface area contributed by atoms with Gasteiger partial charge in [0.1, 0.15) is 5.82 Å². The van der Waals surface area contributed by atoms with Crippen LogP contribution in [0.4, 0.5) is 4.39 Å². The first kappa shape index (κ1) is 16.0. The van der Waals surface area contributed by atoms with Crippen molar-refractivity contribution < 1.29 is 4.39 Å². The van der Waals surface area contributed by atoms with Gasteiger partial charge in [-0.2, -0.15) is 4.68 Å². The predicted octanol–water partition coefficient (Wildman–Crippen LogP) is 1.69. The highest BCUT2D eigenvalue weighted by Crippen LogP contribution is 2.42. The summed E-state index contributed by atoms with van der Waals surface area (Å²) in [6.07, 6.45) is 2.85. The fourth-order valence-electron chi connectivity index (χ4n) is 3.35. The van der Waals surface area contributed by atoms with Crippen LogP contribution in [-0.2, 0) is 6.54 Å². The van der Waals surface area contributed by atoms with Crippen LogP contribution in [0.1, 0.15) is 34.8 Å². The summed E-state index contributed by atoms with van der Waals surface area (Å²) in [5.41, 5.74) is 7.04. The standard InChI is InChI=1S/C17H17FN4O2S/c1-8-13(10-4-11(5-19)25-7-10)12(18)6-21-15(8)14(9-2-3-9)16(23)22(20)17(21)24/h4,6-7,9H,2-3,5,19-20H2,1H3. The van der Waals surface area contributed by atoms with Gasteiger partial charge in [0, 0.05) is 22.5 Å². The fourth-order valence-corrected chi connectivity index (χ4v) is 4.11. The van der Waals surface area contributed by atoms with Gasteiger partial charge >= 0.3 is 5.69 Å². The first-order chi connectivity index (χ1) is 11.9. The summed E-state index contributed by atoms with van der Waals surface area (Å²) in [6.45, 7) is 2.11. The van der Waals surface area contributed by atoms with E-state index in [1.807, 2.05) is 11.4 Å². The van der Waals surface area contributed by atoms with E-state index in [4.69, 9.17) is 11.6 Å². The highest BCUT2D eigenvalue weighted by molar-refractivity contribution is 7.10. The van der Waals surface area contributed by atoms with Crippen molar-refractivity contribution in [2.75, 3.05) is 5.84 Å². The van der Waals surface area contributed by atoms with E-state index in [0.29, 0.717) is 39.0 Å². The molecule has 0 atom stereocenters. The molecule has 0 unspecified atom stereocenters. The second-order valence-corrected chi connectivity index (χ2v) is 7.34. The van der Waals surface area contributed by atoms with E-state index < -0.39 is 17.1 Å². The zero-order valence-corrected chi connectivity index (χ0v) is 14.4. The third kappa shape index (κ3) is 2.32. The third-order valence-corrected chi connectivity index (χ3v) is 5.66. The Labute approximate surface area is 146 Å². The number of thiophene rings is 1. The topological polar surface area (TPSA) is 95.5 Å². The molecule has 1 saturated carbocycles. The number of nitrogen functional groups attached to an aromatic ring is 1. The molecule has 6 nitrogen and oxygen atoms in total. The normalized spacial score (nSPS) is 14.4. The van der Waals surface area contributed by atoms with E-state index in [9.17, 15) is 14.0 Å². The number of rotatable bonds is 3. The third-order valence-electron chi connectivity index (χ3n) is 4.70. The predicted molar refractivity (Wildman–Crippen MR) is 96.0 cm³/mol. The van der Waals surface area contributed by atoms with Crippen molar-refractivity contribution >= 4 is 16.9 Å². The molecule has 1 aliphatic carbocycles. The van der Waals surface area contributed by atoms with Gasteiger partial charge in [-0.15, -0.1) is 11.3 Å². The van der Waals surface area contributed by atoms with E-state index in [1.165, 1.54) is 11.3 Å². The number of aryl methyl sites for hydroxylation is 1. The summed E-state index contributed by atoms with van der Waals surface area (Å²) in [6, 6.07) is 1.84. The van der Waals surface area contributed by atoms with Crippen LogP contribution in [0.5, 0.6) is 0 Å². The van der Waals surface area contributed by atoms with Gasteiger partial charge in [0.15, 0.2) is 0 Å². The Hall–Kier alpha value is -2.45. The van der Waals surface area contributed by atoms with Crippen LogP contribution in [0.3, 0.4) is 0 Å². The number of fused-ring (bicyclic) bond motifs is 1. The largest absolute Gasteiger partial charge is 0.354 e. The van der Waals surface area contributed by atoms with Crippen LogP contribution >= 0.6 is 11.3 Å². The highest BCUT2D eigenvalue weighted by Gasteiger charge is 2.32. The summed E-state index contributed by atoms with van der Waals surface area (Å²) in [5.74, 6) is 5.15. The monoisotopic (exact) mass is 360 g/mol. The summed E-state index contributed by atoms with van der Waals surface area (Å²) < 4.78 is 16.5. The van der Waals surface area contributed by atoms with Crippen molar-refractivity contribution in [3.05, 3.63) is 60.3 Å². The Morgan fingerprint density at radius 2 is 2.08 bits per heavy atom. The molecule has 1 fully saturated rings. The Morgan fingerprint density at radius 1 is 1.36 bits per heavy atom. The molecular formula is C17H17FN4O2S. The smallest absolute Gasteiger partial charge is 0.332 e. The molecule has 0 amide bonds. The second-order valence-electron chi connectivity index (χ2n) is 6.35. The van der Waals surface area contributed by atoms with Gasteiger partial charge in [0.05, 0.1) is 11.7 Å². The molecule has 0 bridgehead atoms. The van der Waals surface area contributed by atoms with Crippen LogP contribution in [0.15, 0.2) is 27.2 Å². The minimum Gasteiger partial charge on any atom is -0.332 e. The van der Waals surface area contributed by atoms with Crippen molar-refractivity contribution in [3.63, 3.8) is 0 Å².